The van der Waals surface area contributed by atoms with Crippen LogP contribution in [0.15, 0.2) is 63.2 Å². The number of hydrazone groups is 1. The summed E-state index contributed by atoms with van der Waals surface area (Å²) < 4.78 is 5.38. The molecule has 0 fully saturated rings. The number of hydrogen-bond acceptors (Lipinski definition) is 4. The molecule has 0 radical (unpaired) electrons. The predicted octanol–water partition coefficient (Wildman–Crippen LogP) is 3.22. The van der Waals surface area contributed by atoms with Crippen molar-refractivity contribution in [3.8, 4) is 0 Å². The Morgan fingerprint density at radius 3 is 2.80 bits per heavy atom. The number of rotatable bonds is 3. The summed E-state index contributed by atoms with van der Waals surface area (Å²) in [5.74, 6) is 1.61. The number of thioether (sulfide) groups is 1. The fourth-order valence-electron chi connectivity index (χ4n) is 1.93. The van der Waals surface area contributed by atoms with Crippen LogP contribution in [0.3, 0.4) is 0 Å². The highest BCUT2D eigenvalue weighted by atomic mass is 32.2. The van der Waals surface area contributed by atoms with E-state index in [0.717, 1.165) is 22.4 Å². The number of furan rings is 1. The molecule has 0 spiro atoms. The molecule has 0 atom stereocenters. The molecule has 2 aromatic rings. The van der Waals surface area contributed by atoms with Crippen LogP contribution in [0.25, 0.3) is 0 Å². The molecule has 0 saturated carbocycles. The van der Waals surface area contributed by atoms with E-state index in [2.05, 4.69) is 22.2 Å². The third-order valence-electron chi connectivity index (χ3n) is 2.93. The standard InChI is InChI=1S/C15H15N3OS/c1-18-15(16-10-12-6-3-2-4-7-12)20-11-13(17-18)14-8-5-9-19-14/h2-9H,10-11H2,1H3. The van der Waals surface area contributed by atoms with Gasteiger partial charge in [0.05, 0.1) is 12.8 Å². The van der Waals surface area contributed by atoms with Crippen LogP contribution in [0.1, 0.15) is 11.3 Å². The molecular weight excluding hydrogens is 270 g/mol. The van der Waals surface area contributed by atoms with Gasteiger partial charge in [-0.2, -0.15) is 5.10 Å². The number of amidine groups is 1. The van der Waals surface area contributed by atoms with E-state index in [4.69, 9.17) is 4.42 Å². The van der Waals surface area contributed by atoms with E-state index in [1.807, 2.05) is 42.4 Å². The summed E-state index contributed by atoms with van der Waals surface area (Å²) in [7, 11) is 1.92. The Bertz CT molecular complexity index is 620. The predicted molar refractivity (Wildman–Crippen MR) is 83.0 cm³/mol. The van der Waals surface area contributed by atoms with Gasteiger partial charge in [-0.15, -0.1) is 0 Å². The third-order valence-corrected chi connectivity index (χ3v) is 4.00. The molecule has 1 aromatic heterocycles. The van der Waals surface area contributed by atoms with E-state index in [1.165, 1.54) is 5.56 Å². The molecule has 4 nitrogen and oxygen atoms in total. The van der Waals surface area contributed by atoms with Gasteiger partial charge in [0.15, 0.2) is 10.9 Å². The molecule has 102 valence electrons. The second-order valence-corrected chi connectivity index (χ2v) is 5.36. The molecule has 1 aliphatic heterocycles. The van der Waals surface area contributed by atoms with Gasteiger partial charge in [0, 0.05) is 12.8 Å². The van der Waals surface area contributed by atoms with Gasteiger partial charge in [-0.1, -0.05) is 42.1 Å². The number of aliphatic imine (C=N–C) groups is 1. The lowest BCUT2D eigenvalue weighted by atomic mass is 10.2. The van der Waals surface area contributed by atoms with Crippen molar-refractivity contribution in [2.45, 2.75) is 6.54 Å². The molecule has 0 aliphatic carbocycles. The average molecular weight is 285 g/mol. The Kier molecular flexibility index (Phi) is 3.87. The van der Waals surface area contributed by atoms with Crippen molar-refractivity contribution >= 4 is 22.6 Å². The molecule has 1 aliphatic rings. The van der Waals surface area contributed by atoms with Crippen LogP contribution >= 0.6 is 11.8 Å². The second-order valence-electron chi connectivity index (χ2n) is 4.42. The molecular formula is C15H15N3OS. The Hall–Kier alpha value is -2.01. The molecule has 0 unspecified atom stereocenters. The third kappa shape index (κ3) is 2.93. The number of benzene rings is 1. The minimum atomic E-state index is 0.680. The first-order chi connectivity index (χ1) is 9.83. The second kappa shape index (κ2) is 5.96. The van der Waals surface area contributed by atoms with Crippen LogP contribution in [0.2, 0.25) is 0 Å². The fraction of sp³-hybridized carbons (Fsp3) is 0.200. The topological polar surface area (TPSA) is 41.1 Å². The van der Waals surface area contributed by atoms with E-state index in [0.29, 0.717) is 6.54 Å². The van der Waals surface area contributed by atoms with Crippen LogP contribution in [0, 0.1) is 0 Å². The largest absolute Gasteiger partial charge is 0.463 e. The van der Waals surface area contributed by atoms with Crippen molar-refractivity contribution in [3.05, 3.63) is 60.1 Å². The molecule has 0 amide bonds. The van der Waals surface area contributed by atoms with Gasteiger partial charge >= 0.3 is 0 Å². The maximum atomic E-state index is 5.38. The summed E-state index contributed by atoms with van der Waals surface area (Å²) >= 11 is 1.68. The first-order valence-electron chi connectivity index (χ1n) is 6.39. The lowest BCUT2D eigenvalue weighted by molar-refractivity contribution is 0.530. The molecule has 0 saturated heterocycles. The van der Waals surface area contributed by atoms with Crippen molar-refractivity contribution in [1.82, 2.24) is 5.01 Å². The highest BCUT2D eigenvalue weighted by Crippen LogP contribution is 2.19. The normalized spacial score (nSPS) is 17.4. The smallest absolute Gasteiger partial charge is 0.180 e. The maximum absolute atomic E-state index is 5.38. The van der Waals surface area contributed by atoms with Gasteiger partial charge in [0.2, 0.25) is 0 Å². The van der Waals surface area contributed by atoms with Gasteiger partial charge in [-0.05, 0) is 17.7 Å². The van der Waals surface area contributed by atoms with E-state index in [1.54, 1.807) is 18.0 Å². The van der Waals surface area contributed by atoms with Crippen LogP contribution in [0.5, 0.6) is 0 Å². The Morgan fingerprint density at radius 1 is 1.25 bits per heavy atom. The summed E-state index contributed by atoms with van der Waals surface area (Å²) in [5, 5.41) is 7.27. The van der Waals surface area contributed by atoms with Gasteiger partial charge in [0.25, 0.3) is 0 Å². The van der Waals surface area contributed by atoms with Crippen molar-refractivity contribution in [2.75, 3.05) is 12.8 Å². The summed E-state index contributed by atoms with van der Waals surface area (Å²) in [6, 6.07) is 14.0. The van der Waals surface area contributed by atoms with Crippen LogP contribution in [-0.4, -0.2) is 28.7 Å². The minimum absolute atomic E-state index is 0.680. The molecule has 3 rings (SSSR count). The summed E-state index contributed by atoms with van der Waals surface area (Å²) in [6.45, 7) is 0.680. The fourth-order valence-corrected chi connectivity index (χ4v) is 2.78. The van der Waals surface area contributed by atoms with Crippen molar-refractivity contribution in [3.63, 3.8) is 0 Å². The Balaban J connectivity index is 1.71. The molecule has 0 N–H and O–H groups in total. The zero-order valence-electron chi connectivity index (χ0n) is 11.2. The Morgan fingerprint density at radius 2 is 2.10 bits per heavy atom. The van der Waals surface area contributed by atoms with E-state index in [-0.39, 0.29) is 0 Å². The van der Waals surface area contributed by atoms with Crippen LogP contribution < -0.4 is 0 Å². The minimum Gasteiger partial charge on any atom is -0.463 e. The van der Waals surface area contributed by atoms with Gasteiger partial charge < -0.3 is 4.42 Å². The zero-order chi connectivity index (χ0) is 13.8. The molecule has 20 heavy (non-hydrogen) atoms. The SMILES string of the molecule is CN1N=C(c2ccco2)CSC1=NCc1ccccc1. The van der Waals surface area contributed by atoms with E-state index < -0.39 is 0 Å². The molecule has 2 heterocycles. The summed E-state index contributed by atoms with van der Waals surface area (Å²) in [6.07, 6.45) is 1.67. The lowest BCUT2D eigenvalue weighted by Crippen LogP contribution is -2.27. The number of hydrogen-bond donors (Lipinski definition) is 0. The van der Waals surface area contributed by atoms with Crippen molar-refractivity contribution < 1.29 is 4.42 Å². The summed E-state index contributed by atoms with van der Waals surface area (Å²) in [5.41, 5.74) is 2.15. The molecule has 5 heteroatoms. The Labute approximate surface area is 122 Å². The molecule has 1 aromatic carbocycles. The highest BCUT2D eigenvalue weighted by molar-refractivity contribution is 8.14. The van der Waals surface area contributed by atoms with E-state index in [9.17, 15) is 0 Å². The number of nitrogens with zero attached hydrogens (tertiary/aromatic N) is 3. The zero-order valence-corrected chi connectivity index (χ0v) is 12.0. The lowest BCUT2D eigenvalue weighted by Gasteiger charge is -2.21. The van der Waals surface area contributed by atoms with Gasteiger partial charge in [-0.3, -0.25) is 4.99 Å². The first kappa shape index (κ1) is 13.0. The quantitative estimate of drug-likeness (QED) is 0.869. The first-order valence-corrected chi connectivity index (χ1v) is 7.38. The summed E-state index contributed by atoms with van der Waals surface area (Å²) in [4.78, 5) is 4.62. The molecule has 0 bridgehead atoms. The van der Waals surface area contributed by atoms with Crippen LogP contribution in [-0.2, 0) is 6.54 Å². The van der Waals surface area contributed by atoms with Crippen molar-refractivity contribution in [2.24, 2.45) is 10.1 Å². The van der Waals surface area contributed by atoms with E-state index >= 15 is 0 Å². The van der Waals surface area contributed by atoms with Gasteiger partial charge in [0.1, 0.15) is 5.71 Å². The maximum Gasteiger partial charge on any atom is 0.180 e. The average Bonchev–Trinajstić information content (AvgIpc) is 3.01. The van der Waals surface area contributed by atoms with Crippen LogP contribution in [0.4, 0.5) is 0 Å². The monoisotopic (exact) mass is 285 g/mol. The highest BCUT2D eigenvalue weighted by Gasteiger charge is 2.18. The van der Waals surface area contributed by atoms with Crippen molar-refractivity contribution in [1.29, 1.82) is 0 Å². The van der Waals surface area contributed by atoms with Gasteiger partial charge in [-0.25, -0.2) is 5.01 Å².